The maximum Gasteiger partial charge on any atom is 0.423 e. The van der Waals surface area contributed by atoms with Crippen molar-refractivity contribution in [3.63, 3.8) is 0 Å². The maximum atomic E-state index is 13.2. The highest BCUT2D eigenvalue weighted by Gasteiger charge is 2.37. The fourth-order valence-corrected chi connectivity index (χ4v) is 2.93. The lowest BCUT2D eigenvalue weighted by Crippen LogP contribution is -2.39. The highest BCUT2D eigenvalue weighted by Crippen LogP contribution is 2.36. The molecule has 0 radical (unpaired) electrons. The summed E-state index contributed by atoms with van der Waals surface area (Å²) in [7, 11) is 0. The van der Waals surface area contributed by atoms with Gasteiger partial charge in [-0.25, -0.2) is 4.98 Å². The molecular weight excluding hydrogens is 397 g/mol. The molecule has 0 unspecified atom stereocenters. The van der Waals surface area contributed by atoms with E-state index in [1.807, 2.05) is 43.3 Å². The van der Waals surface area contributed by atoms with Crippen LogP contribution in [0.3, 0.4) is 0 Å². The monoisotopic (exact) mass is 416 g/mol. The minimum absolute atomic E-state index is 0.0582. The Labute approximate surface area is 171 Å². The van der Waals surface area contributed by atoms with Crippen molar-refractivity contribution in [3.05, 3.63) is 65.5 Å². The predicted molar refractivity (Wildman–Crippen MR) is 104 cm³/mol. The molecule has 3 aromatic rings. The van der Waals surface area contributed by atoms with Crippen LogP contribution in [-0.4, -0.2) is 34.3 Å². The smallest absolute Gasteiger partial charge is 0.423 e. The van der Waals surface area contributed by atoms with Gasteiger partial charge < -0.3 is 14.8 Å². The molecule has 0 spiro atoms. The van der Waals surface area contributed by atoms with Crippen LogP contribution in [0.25, 0.3) is 11.3 Å². The number of aromatic nitrogens is 3. The molecule has 4 rings (SSSR count). The lowest BCUT2D eigenvalue weighted by atomic mass is 10.1. The van der Waals surface area contributed by atoms with E-state index in [0.29, 0.717) is 6.54 Å². The van der Waals surface area contributed by atoms with Gasteiger partial charge in [-0.05, 0) is 24.1 Å². The normalized spacial score (nSPS) is 14.3. The molecule has 1 aliphatic heterocycles. The summed E-state index contributed by atoms with van der Waals surface area (Å²) in [5, 5.41) is 2.94. The van der Waals surface area contributed by atoms with E-state index in [-0.39, 0.29) is 19.2 Å². The standard InChI is InChI=1S/C21H19F3N4O2/c1-13-3-2-8-25-18(13)15-6-4-14(5-7-15)9-26-20-27-10-17(21(22,23)24)19(28-20)30-16-11-29-12-16/h2-8,10,16H,9,11-12H2,1H3,(H,26,27,28). The molecule has 1 aliphatic rings. The number of halogens is 3. The van der Waals surface area contributed by atoms with Gasteiger partial charge in [-0.15, -0.1) is 0 Å². The molecule has 0 amide bonds. The maximum absolute atomic E-state index is 13.2. The van der Waals surface area contributed by atoms with Crippen LogP contribution in [0.1, 0.15) is 16.7 Å². The van der Waals surface area contributed by atoms with Crippen molar-refractivity contribution in [2.24, 2.45) is 0 Å². The quantitative estimate of drug-likeness (QED) is 0.648. The summed E-state index contributed by atoms with van der Waals surface area (Å²) < 4.78 is 49.9. The Kier molecular flexibility index (Phi) is 5.54. The van der Waals surface area contributed by atoms with Gasteiger partial charge in [0.1, 0.15) is 11.7 Å². The van der Waals surface area contributed by atoms with E-state index >= 15 is 0 Å². The fraction of sp³-hybridized carbons (Fsp3) is 0.286. The number of pyridine rings is 1. The van der Waals surface area contributed by atoms with Gasteiger partial charge in [0.25, 0.3) is 0 Å². The summed E-state index contributed by atoms with van der Waals surface area (Å²) in [5.41, 5.74) is 2.89. The number of nitrogens with zero attached hydrogens (tertiary/aromatic N) is 3. The van der Waals surface area contributed by atoms with E-state index in [4.69, 9.17) is 9.47 Å². The second kappa shape index (κ2) is 8.27. The Bertz CT molecular complexity index is 1020. The number of rotatable bonds is 6. The summed E-state index contributed by atoms with van der Waals surface area (Å²) in [6.45, 7) is 2.83. The van der Waals surface area contributed by atoms with E-state index in [0.717, 1.165) is 28.6 Å². The first-order chi connectivity index (χ1) is 14.4. The summed E-state index contributed by atoms with van der Waals surface area (Å²) in [6, 6.07) is 11.6. The van der Waals surface area contributed by atoms with Crippen molar-refractivity contribution in [1.82, 2.24) is 15.0 Å². The van der Waals surface area contributed by atoms with Gasteiger partial charge in [0, 0.05) is 24.5 Å². The first kappa shape index (κ1) is 20.1. The first-order valence-corrected chi connectivity index (χ1v) is 9.33. The van der Waals surface area contributed by atoms with Gasteiger partial charge in [0.15, 0.2) is 0 Å². The van der Waals surface area contributed by atoms with Gasteiger partial charge in [-0.2, -0.15) is 18.2 Å². The molecule has 1 aromatic carbocycles. The van der Waals surface area contributed by atoms with Gasteiger partial charge in [0.2, 0.25) is 11.8 Å². The molecule has 0 aliphatic carbocycles. The molecule has 0 atom stereocenters. The van der Waals surface area contributed by atoms with E-state index < -0.39 is 23.7 Å². The zero-order valence-electron chi connectivity index (χ0n) is 16.1. The van der Waals surface area contributed by atoms with Crippen LogP contribution in [0.4, 0.5) is 19.1 Å². The van der Waals surface area contributed by atoms with Gasteiger partial charge >= 0.3 is 6.18 Å². The van der Waals surface area contributed by atoms with Crippen molar-refractivity contribution in [3.8, 4) is 17.1 Å². The topological polar surface area (TPSA) is 69.2 Å². The molecule has 1 fully saturated rings. The van der Waals surface area contributed by atoms with E-state index in [2.05, 4.69) is 20.3 Å². The van der Waals surface area contributed by atoms with Crippen LogP contribution in [0.2, 0.25) is 0 Å². The SMILES string of the molecule is Cc1cccnc1-c1ccc(CNc2ncc(C(F)(F)F)c(OC3COC3)n2)cc1. The van der Waals surface area contributed by atoms with Crippen molar-refractivity contribution >= 4 is 5.95 Å². The Hall–Kier alpha value is -3.20. The van der Waals surface area contributed by atoms with Gasteiger partial charge in [-0.1, -0.05) is 30.3 Å². The zero-order valence-corrected chi connectivity index (χ0v) is 16.1. The third-order valence-electron chi connectivity index (χ3n) is 4.63. The van der Waals surface area contributed by atoms with E-state index in [9.17, 15) is 13.2 Å². The van der Waals surface area contributed by atoms with Crippen molar-refractivity contribution in [2.45, 2.75) is 25.7 Å². The largest absolute Gasteiger partial charge is 0.469 e. The van der Waals surface area contributed by atoms with Crippen LogP contribution in [0, 0.1) is 6.92 Å². The van der Waals surface area contributed by atoms with Crippen LogP contribution in [-0.2, 0) is 17.5 Å². The fourth-order valence-electron chi connectivity index (χ4n) is 2.93. The third kappa shape index (κ3) is 4.51. The number of nitrogens with one attached hydrogen (secondary N) is 1. The lowest BCUT2D eigenvalue weighted by molar-refractivity contribution is -0.142. The minimum atomic E-state index is -4.60. The number of ether oxygens (including phenoxy) is 2. The third-order valence-corrected chi connectivity index (χ3v) is 4.63. The molecule has 2 aromatic heterocycles. The van der Waals surface area contributed by atoms with Gasteiger partial charge in [0.05, 0.1) is 18.9 Å². The van der Waals surface area contributed by atoms with Gasteiger partial charge in [-0.3, -0.25) is 4.98 Å². The van der Waals surface area contributed by atoms with Crippen molar-refractivity contribution < 1.29 is 22.6 Å². The Morgan fingerprint density at radius 3 is 2.53 bits per heavy atom. The molecular formula is C21H19F3N4O2. The number of benzene rings is 1. The van der Waals surface area contributed by atoms with Crippen LogP contribution in [0.15, 0.2) is 48.8 Å². The Morgan fingerprint density at radius 1 is 1.13 bits per heavy atom. The van der Waals surface area contributed by atoms with E-state index in [1.54, 1.807) is 6.20 Å². The molecule has 1 saturated heterocycles. The summed E-state index contributed by atoms with van der Waals surface area (Å²) >= 11 is 0. The number of hydrogen-bond acceptors (Lipinski definition) is 6. The molecule has 9 heteroatoms. The highest BCUT2D eigenvalue weighted by molar-refractivity contribution is 5.62. The Balaban J connectivity index is 1.46. The van der Waals surface area contributed by atoms with E-state index in [1.165, 1.54) is 0 Å². The molecule has 156 valence electrons. The predicted octanol–water partition coefficient (Wildman–Crippen LogP) is 4.26. The number of anilines is 1. The highest BCUT2D eigenvalue weighted by atomic mass is 19.4. The second-order valence-corrected chi connectivity index (χ2v) is 6.91. The summed E-state index contributed by atoms with van der Waals surface area (Å²) in [4.78, 5) is 12.1. The average molecular weight is 416 g/mol. The summed E-state index contributed by atoms with van der Waals surface area (Å²) in [5.74, 6) is -0.433. The zero-order chi connectivity index (χ0) is 21.1. The first-order valence-electron chi connectivity index (χ1n) is 9.33. The molecule has 30 heavy (non-hydrogen) atoms. The molecule has 0 saturated carbocycles. The Morgan fingerprint density at radius 2 is 1.90 bits per heavy atom. The van der Waals surface area contributed by atoms with Crippen molar-refractivity contribution in [1.29, 1.82) is 0 Å². The molecule has 1 N–H and O–H groups in total. The molecule has 3 heterocycles. The number of aryl methyl sites for hydroxylation is 1. The van der Waals surface area contributed by atoms with Crippen LogP contribution < -0.4 is 10.1 Å². The minimum Gasteiger partial charge on any atom is -0.469 e. The molecule has 6 nitrogen and oxygen atoms in total. The van der Waals surface area contributed by atoms with Crippen LogP contribution >= 0.6 is 0 Å². The van der Waals surface area contributed by atoms with Crippen molar-refractivity contribution in [2.75, 3.05) is 18.5 Å². The van der Waals surface area contributed by atoms with Crippen LogP contribution in [0.5, 0.6) is 5.88 Å². The molecule has 0 bridgehead atoms. The lowest BCUT2D eigenvalue weighted by Gasteiger charge is -2.27. The average Bonchev–Trinajstić information content (AvgIpc) is 2.69. The number of alkyl halides is 3. The summed E-state index contributed by atoms with van der Waals surface area (Å²) in [6.07, 6.45) is -2.55. The number of hydrogen-bond donors (Lipinski definition) is 1. The second-order valence-electron chi connectivity index (χ2n) is 6.91.